The van der Waals surface area contributed by atoms with Gasteiger partial charge in [-0.15, -0.1) is 30.1 Å². The molecule has 1 aliphatic heterocycles. The smallest absolute Gasteiger partial charge is 0.251 e. The van der Waals surface area contributed by atoms with Gasteiger partial charge < -0.3 is 5.32 Å². The van der Waals surface area contributed by atoms with Gasteiger partial charge in [-0.1, -0.05) is 18.2 Å². The topological polar surface area (TPSA) is 29.1 Å². The lowest BCUT2D eigenvalue weighted by molar-refractivity contribution is 0.0958. The van der Waals surface area contributed by atoms with Gasteiger partial charge in [0.2, 0.25) is 0 Å². The van der Waals surface area contributed by atoms with Crippen LogP contribution in [0.2, 0.25) is 0 Å². The summed E-state index contributed by atoms with van der Waals surface area (Å²) in [6, 6.07) is 7.95. The van der Waals surface area contributed by atoms with Crippen molar-refractivity contribution in [2.24, 2.45) is 0 Å². The minimum Gasteiger partial charge on any atom is -0.349 e. The number of benzene rings is 1. The van der Waals surface area contributed by atoms with Crippen molar-refractivity contribution in [2.45, 2.75) is 11.0 Å². The molecule has 1 saturated heterocycles. The Morgan fingerprint density at radius 1 is 1.33 bits per heavy atom. The molecule has 1 amide bonds. The zero-order chi connectivity index (χ0) is 12.8. The van der Waals surface area contributed by atoms with E-state index in [4.69, 9.17) is 0 Å². The second kappa shape index (κ2) is 6.90. The first-order chi connectivity index (χ1) is 8.81. The Kier molecular flexibility index (Phi) is 5.20. The van der Waals surface area contributed by atoms with Crippen LogP contribution in [-0.4, -0.2) is 24.0 Å². The van der Waals surface area contributed by atoms with Crippen LogP contribution in [0.3, 0.4) is 0 Å². The monoisotopic (exact) mass is 279 g/mol. The molecule has 96 valence electrons. The first-order valence-corrected chi connectivity index (χ1v) is 8.13. The molecule has 4 heteroatoms. The SMILES string of the molecule is C=CCNC(=O)c1ccc(C2SCCCS2)cc1. The second-order valence-electron chi connectivity index (χ2n) is 4.05. The average molecular weight is 279 g/mol. The lowest BCUT2D eigenvalue weighted by atomic mass is 10.1. The van der Waals surface area contributed by atoms with Crippen molar-refractivity contribution in [2.75, 3.05) is 18.1 Å². The summed E-state index contributed by atoms with van der Waals surface area (Å²) in [5.74, 6) is 2.43. The van der Waals surface area contributed by atoms with Crippen LogP contribution in [0, 0.1) is 0 Å². The van der Waals surface area contributed by atoms with E-state index in [2.05, 4.69) is 24.0 Å². The highest BCUT2D eigenvalue weighted by Gasteiger charge is 2.16. The molecule has 2 rings (SSSR count). The lowest BCUT2D eigenvalue weighted by Gasteiger charge is -2.21. The lowest BCUT2D eigenvalue weighted by Crippen LogP contribution is -2.23. The van der Waals surface area contributed by atoms with Crippen molar-refractivity contribution >= 4 is 29.4 Å². The van der Waals surface area contributed by atoms with Gasteiger partial charge in [0.05, 0.1) is 4.58 Å². The average Bonchev–Trinajstić information content (AvgIpc) is 2.46. The molecule has 0 radical (unpaired) electrons. The van der Waals surface area contributed by atoms with Crippen molar-refractivity contribution in [3.8, 4) is 0 Å². The highest BCUT2D eigenvalue weighted by molar-refractivity contribution is 8.16. The maximum atomic E-state index is 11.7. The van der Waals surface area contributed by atoms with E-state index in [0.717, 1.165) is 0 Å². The van der Waals surface area contributed by atoms with Crippen molar-refractivity contribution in [3.05, 3.63) is 48.0 Å². The molecule has 0 unspecified atom stereocenters. The molecule has 0 aliphatic carbocycles. The molecule has 0 spiro atoms. The summed E-state index contributed by atoms with van der Waals surface area (Å²) >= 11 is 3.99. The Bertz CT molecular complexity index is 410. The molecule has 0 aromatic heterocycles. The molecule has 1 aromatic rings. The third-order valence-electron chi connectivity index (χ3n) is 2.68. The Balaban J connectivity index is 2.00. The fourth-order valence-electron chi connectivity index (χ4n) is 1.74. The Morgan fingerprint density at radius 2 is 2.00 bits per heavy atom. The van der Waals surface area contributed by atoms with Crippen LogP contribution in [0.5, 0.6) is 0 Å². The summed E-state index contributed by atoms with van der Waals surface area (Å²) < 4.78 is 0.532. The van der Waals surface area contributed by atoms with Crippen LogP contribution in [-0.2, 0) is 0 Å². The molecule has 1 fully saturated rings. The van der Waals surface area contributed by atoms with Crippen molar-refractivity contribution < 1.29 is 4.79 Å². The molecular weight excluding hydrogens is 262 g/mol. The first-order valence-electron chi connectivity index (χ1n) is 6.03. The fraction of sp³-hybridized carbons (Fsp3) is 0.357. The number of hydrogen-bond acceptors (Lipinski definition) is 3. The van der Waals surface area contributed by atoms with Gasteiger partial charge in [-0.2, -0.15) is 0 Å². The van der Waals surface area contributed by atoms with Gasteiger partial charge in [-0.05, 0) is 35.6 Å². The molecule has 1 aliphatic rings. The van der Waals surface area contributed by atoms with E-state index >= 15 is 0 Å². The summed E-state index contributed by atoms with van der Waals surface area (Å²) in [6.07, 6.45) is 2.98. The van der Waals surface area contributed by atoms with Crippen LogP contribution in [0.4, 0.5) is 0 Å². The van der Waals surface area contributed by atoms with E-state index < -0.39 is 0 Å². The third-order valence-corrected chi connectivity index (χ3v) is 5.69. The summed E-state index contributed by atoms with van der Waals surface area (Å²) in [6.45, 7) is 4.09. The molecule has 0 atom stereocenters. The first kappa shape index (κ1) is 13.6. The summed E-state index contributed by atoms with van der Waals surface area (Å²) in [4.78, 5) is 11.7. The number of amides is 1. The Labute approximate surface area is 117 Å². The number of hydrogen-bond donors (Lipinski definition) is 1. The maximum Gasteiger partial charge on any atom is 0.251 e. The van der Waals surface area contributed by atoms with Crippen molar-refractivity contribution in [1.82, 2.24) is 5.32 Å². The number of rotatable bonds is 4. The van der Waals surface area contributed by atoms with Crippen LogP contribution in [0.15, 0.2) is 36.9 Å². The molecule has 2 nitrogen and oxygen atoms in total. The molecule has 0 bridgehead atoms. The standard InChI is InChI=1S/C14H17NOS2/c1-2-8-15-13(16)11-4-6-12(7-5-11)14-17-9-3-10-18-14/h2,4-7,14H,1,3,8-10H2,(H,15,16). The highest BCUT2D eigenvalue weighted by Crippen LogP contribution is 2.43. The van der Waals surface area contributed by atoms with Gasteiger partial charge in [0.15, 0.2) is 0 Å². The zero-order valence-corrected chi connectivity index (χ0v) is 11.9. The van der Waals surface area contributed by atoms with Gasteiger partial charge in [0, 0.05) is 12.1 Å². The van der Waals surface area contributed by atoms with Crippen LogP contribution < -0.4 is 5.32 Å². The number of carbonyl (C=O) groups is 1. The molecule has 1 aromatic carbocycles. The zero-order valence-electron chi connectivity index (χ0n) is 10.2. The molecule has 1 heterocycles. The fourth-order valence-corrected chi connectivity index (χ4v) is 4.63. The Morgan fingerprint density at radius 3 is 2.61 bits per heavy atom. The third kappa shape index (κ3) is 3.56. The molecule has 18 heavy (non-hydrogen) atoms. The minimum absolute atomic E-state index is 0.0367. The minimum atomic E-state index is -0.0367. The summed E-state index contributed by atoms with van der Waals surface area (Å²) in [7, 11) is 0. The molecule has 0 saturated carbocycles. The number of nitrogens with one attached hydrogen (secondary N) is 1. The number of thioether (sulfide) groups is 2. The predicted octanol–water partition coefficient (Wildman–Crippen LogP) is 3.47. The molecule has 1 N–H and O–H groups in total. The van der Waals surface area contributed by atoms with Crippen molar-refractivity contribution in [3.63, 3.8) is 0 Å². The van der Waals surface area contributed by atoms with Gasteiger partial charge in [-0.3, -0.25) is 4.79 Å². The van der Waals surface area contributed by atoms with Crippen molar-refractivity contribution in [1.29, 1.82) is 0 Å². The van der Waals surface area contributed by atoms with Gasteiger partial charge in [-0.25, -0.2) is 0 Å². The van der Waals surface area contributed by atoms with Crippen LogP contribution in [0.1, 0.15) is 26.9 Å². The summed E-state index contributed by atoms with van der Waals surface area (Å²) in [5.41, 5.74) is 2.02. The quantitative estimate of drug-likeness (QED) is 0.856. The van der Waals surface area contributed by atoms with E-state index in [0.29, 0.717) is 16.7 Å². The predicted molar refractivity (Wildman–Crippen MR) is 81.2 cm³/mol. The normalized spacial score (nSPS) is 16.2. The van der Waals surface area contributed by atoms with Gasteiger partial charge >= 0.3 is 0 Å². The maximum absolute atomic E-state index is 11.7. The van der Waals surface area contributed by atoms with Crippen LogP contribution >= 0.6 is 23.5 Å². The highest BCUT2D eigenvalue weighted by atomic mass is 32.2. The summed E-state index contributed by atoms with van der Waals surface area (Å²) in [5, 5.41) is 2.78. The van der Waals surface area contributed by atoms with E-state index in [1.807, 2.05) is 35.7 Å². The molecular formula is C14H17NOS2. The van der Waals surface area contributed by atoms with E-state index in [1.165, 1.54) is 23.5 Å². The van der Waals surface area contributed by atoms with E-state index in [-0.39, 0.29) is 5.91 Å². The van der Waals surface area contributed by atoms with Gasteiger partial charge in [0.25, 0.3) is 5.91 Å². The van der Waals surface area contributed by atoms with E-state index in [9.17, 15) is 4.79 Å². The Hall–Kier alpha value is -0.870. The van der Waals surface area contributed by atoms with E-state index in [1.54, 1.807) is 6.08 Å². The van der Waals surface area contributed by atoms with Gasteiger partial charge in [0.1, 0.15) is 0 Å². The van der Waals surface area contributed by atoms with Crippen LogP contribution in [0.25, 0.3) is 0 Å². The second-order valence-corrected chi connectivity index (χ2v) is 6.77. The number of carbonyl (C=O) groups excluding carboxylic acids is 1. The largest absolute Gasteiger partial charge is 0.349 e.